The number of carbonyl (C=O) groups excluding carboxylic acids is 1. The van der Waals surface area contributed by atoms with Crippen LogP contribution in [0.3, 0.4) is 0 Å². The molecule has 0 spiro atoms. The van der Waals surface area contributed by atoms with Crippen molar-refractivity contribution in [3.8, 4) is 22.1 Å². The fraction of sp³-hybridized carbons (Fsp3) is 0.381. The Morgan fingerprint density at radius 2 is 2.10 bits per heavy atom. The van der Waals surface area contributed by atoms with Gasteiger partial charge in [-0.25, -0.2) is 9.97 Å². The van der Waals surface area contributed by atoms with Gasteiger partial charge in [-0.2, -0.15) is 0 Å². The monoisotopic (exact) mass is 429 g/mol. The SMILES string of the molecule is COc1ccc(-c2nc(CC(=O)N3CCCC(c4nccs4)C3)cs2)cc1OC. The van der Waals surface area contributed by atoms with Gasteiger partial charge in [0.2, 0.25) is 5.91 Å². The number of thiazole rings is 2. The zero-order chi connectivity index (χ0) is 20.2. The average Bonchev–Trinajstić information content (AvgIpc) is 3.46. The van der Waals surface area contributed by atoms with Crippen LogP contribution in [0, 0.1) is 0 Å². The number of rotatable bonds is 6. The summed E-state index contributed by atoms with van der Waals surface area (Å²) in [6.07, 6.45) is 4.28. The van der Waals surface area contributed by atoms with E-state index in [9.17, 15) is 4.79 Å². The second kappa shape index (κ2) is 8.92. The first-order chi connectivity index (χ1) is 14.2. The van der Waals surface area contributed by atoms with Crippen molar-refractivity contribution < 1.29 is 14.3 Å². The summed E-state index contributed by atoms with van der Waals surface area (Å²) in [7, 11) is 3.23. The number of hydrogen-bond acceptors (Lipinski definition) is 7. The number of piperidine rings is 1. The van der Waals surface area contributed by atoms with Crippen LogP contribution in [0.15, 0.2) is 35.2 Å². The Bertz CT molecular complexity index is 971. The maximum Gasteiger partial charge on any atom is 0.228 e. The third-order valence-electron chi connectivity index (χ3n) is 5.09. The number of nitrogens with zero attached hydrogens (tertiary/aromatic N) is 3. The molecule has 0 aliphatic carbocycles. The molecular formula is C21H23N3O3S2. The molecule has 1 unspecified atom stereocenters. The molecule has 4 rings (SSSR count). The van der Waals surface area contributed by atoms with Crippen LogP contribution in [0.5, 0.6) is 11.5 Å². The predicted octanol–water partition coefficient (Wildman–Crippen LogP) is 4.23. The van der Waals surface area contributed by atoms with Gasteiger partial charge in [0.1, 0.15) is 5.01 Å². The van der Waals surface area contributed by atoms with E-state index >= 15 is 0 Å². The molecule has 29 heavy (non-hydrogen) atoms. The fourth-order valence-corrected chi connectivity index (χ4v) is 5.18. The molecule has 0 radical (unpaired) electrons. The van der Waals surface area contributed by atoms with Crippen LogP contribution >= 0.6 is 22.7 Å². The molecule has 0 bridgehead atoms. The lowest BCUT2D eigenvalue weighted by atomic mass is 9.98. The fourth-order valence-electron chi connectivity index (χ4n) is 3.60. The third-order valence-corrected chi connectivity index (χ3v) is 6.97. The third kappa shape index (κ3) is 4.43. The van der Waals surface area contributed by atoms with E-state index in [-0.39, 0.29) is 5.91 Å². The molecule has 1 saturated heterocycles. The quantitative estimate of drug-likeness (QED) is 0.587. The van der Waals surface area contributed by atoms with Gasteiger partial charge in [-0.15, -0.1) is 22.7 Å². The van der Waals surface area contributed by atoms with E-state index < -0.39 is 0 Å². The molecule has 0 saturated carbocycles. The summed E-state index contributed by atoms with van der Waals surface area (Å²) in [5.41, 5.74) is 1.76. The lowest BCUT2D eigenvalue weighted by Crippen LogP contribution is -2.40. The summed E-state index contributed by atoms with van der Waals surface area (Å²) in [5.74, 6) is 1.84. The van der Waals surface area contributed by atoms with Crippen molar-refractivity contribution in [2.45, 2.75) is 25.2 Å². The molecule has 1 atom stereocenters. The van der Waals surface area contributed by atoms with Crippen LogP contribution in [0.1, 0.15) is 29.5 Å². The maximum absolute atomic E-state index is 12.8. The summed E-state index contributed by atoms with van der Waals surface area (Å²) in [5, 5.41) is 5.97. The van der Waals surface area contributed by atoms with E-state index in [1.54, 1.807) is 25.6 Å². The highest BCUT2D eigenvalue weighted by molar-refractivity contribution is 7.13. The Balaban J connectivity index is 1.43. The van der Waals surface area contributed by atoms with Crippen molar-refractivity contribution in [2.24, 2.45) is 0 Å². The Hall–Kier alpha value is -2.45. The topological polar surface area (TPSA) is 64.5 Å². The first-order valence-electron chi connectivity index (χ1n) is 9.52. The van der Waals surface area contributed by atoms with E-state index in [4.69, 9.17) is 9.47 Å². The molecule has 1 aliphatic rings. The first kappa shape index (κ1) is 19.8. The lowest BCUT2D eigenvalue weighted by Gasteiger charge is -2.31. The largest absolute Gasteiger partial charge is 0.493 e. The van der Waals surface area contributed by atoms with Crippen LogP contribution in [-0.2, 0) is 11.2 Å². The Kier molecular flexibility index (Phi) is 6.10. The van der Waals surface area contributed by atoms with Crippen LogP contribution in [0.25, 0.3) is 10.6 Å². The Morgan fingerprint density at radius 3 is 2.86 bits per heavy atom. The normalized spacial score (nSPS) is 16.6. The standard InChI is InChI=1S/C21H23N3O3S2/c1-26-17-6-5-14(10-18(17)27-2)21-23-16(13-29-21)11-19(25)24-8-3-4-15(12-24)20-22-7-9-28-20/h5-7,9-10,13,15H,3-4,8,11-12H2,1-2H3. The predicted molar refractivity (Wildman–Crippen MR) is 115 cm³/mol. The van der Waals surface area contributed by atoms with Crippen LogP contribution in [-0.4, -0.2) is 48.1 Å². The van der Waals surface area contributed by atoms with E-state index in [1.807, 2.05) is 40.1 Å². The van der Waals surface area contributed by atoms with Gasteiger partial charge in [0.05, 0.1) is 31.3 Å². The molecular weight excluding hydrogens is 406 g/mol. The van der Waals surface area contributed by atoms with Gasteiger partial charge in [-0.05, 0) is 31.0 Å². The molecule has 3 heterocycles. The zero-order valence-electron chi connectivity index (χ0n) is 16.5. The Morgan fingerprint density at radius 1 is 1.24 bits per heavy atom. The van der Waals surface area contributed by atoms with Gasteiger partial charge >= 0.3 is 0 Å². The minimum atomic E-state index is 0.135. The minimum absolute atomic E-state index is 0.135. The van der Waals surface area contributed by atoms with Gasteiger partial charge in [0.25, 0.3) is 0 Å². The van der Waals surface area contributed by atoms with E-state index in [0.717, 1.165) is 47.2 Å². The maximum atomic E-state index is 12.8. The smallest absolute Gasteiger partial charge is 0.228 e. The summed E-state index contributed by atoms with van der Waals surface area (Å²) in [6, 6.07) is 5.73. The molecule has 1 fully saturated rings. The molecule has 8 heteroatoms. The first-order valence-corrected chi connectivity index (χ1v) is 11.3. The van der Waals surface area contributed by atoms with Gasteiger partial charge in [0, 0.05) is 41.5 Å². The van der Waals surface area contributed by atoms with Gasteiger partial charge in [-0.3, -0.25) is 4.79 Å². The molecule has 1 aliphatic heterocycles. The van der Waals surface area contributed by atoms with E-state index in [1.165, 1.54) is 11.3 Å². The lowest BCUT2D eigenvalue weighted by molar-refractivity contribution is -0.131. The summed E-state index contributed by atoms with van der Waals surface area (Å²) in [4.78, 5) is 23.9. The second-order valence-electron chi connectivity index (χ2n) is 6.94. The summed E-state index contributed by atoms with van der Waals surface area (Å²) < 4.78 is 10.7. The second-order valence-corrected chi connectivity index (χ2v) is 8.72. The number of methoxy groups -OCH3 is 2. The number of amides is 1. The average molecular weight is 430 g/mol. The summed E-state index contributed by atoms with van der Waals surface area (Å²) in [6.45, 7) is 1.56. The van der Waals surface area contributed by atoms with Crippen molar-refractivity contribution in [3.05, 3.63) is 45.9 Å². The van der Waals surface area contributed by atoms with Crippen molar-refractivity contribution in [1.82, 2.24) is 14.9 Å². The van der Waals surface area contributed by atoms with Crippen molar-refractivity contribution in [2.75, 3.05) is 27.3 Å². The molecule has 0 N–H and O–H groups in total. The van der Waals surface area contributed by atoms with Gasteiger partial charge in [-0.1, -0.05) is 0 Å². The molecule has 1 aromatic carbocycles. The van der Waals surface area contributed by atoms with Crippen LogP contribution in [0.4, 0.5) is 0 Å². The van der Waals surface area contributed by atoms with E-state index in [2.05, 4.69) is 9.97 Å². The highest BCUT2D eigenvalue weighted by atomic mass is 32.1. The molecule has 6 nitrogen and oxygen atoms in total. The minimum Gasteiger partial charge on any atom is -0.493 e. The highest BCUT2D eigenvalue weighted by Crippen LogP contribution is 2.34. The highest BCUT2D eigenvalue weighted by Gasteiger charge is 2.26. The van der Waals surface area contributed by atoms with Crippen molar-refractivity contribution in [1.29, 1.82) is 0 Å². The van der Waals surface area contributed by atoms with Gasteiger partial charge in [0.15, 0.2) is 11.5 Å². The number of ether oxygens (including phenoxy) is 2. The zero-order valence-corrected chi connectivity index (χ0v) is 18.1. The van der Waals surface area contributed by atoms with Crippen LogP contribution in [0.2, 0.25) is 0 Å². The van der Waals surface area contributed by atoms with Crippen molar-refractivity contribution >= 4 is 28.6 Å². The number of benzene rings is 1. The number of carbonyl (C=O) groups is 1. The number of likely N-dealkylation sites (tertiary alicyclic amines) is 1. The van der Waals surface area contributed by atoms with Gasteiger partial charge < -0.3 is 14.4 Å². The molecule has 3 aromatic rings. The molecule has 1 amide bonds. The van der Waals surface area contributed by atoms with E-state index in [0.29, 0.717) is 23.8 Å². The Labute approximate surface area is 178 Å². The number of hydrogen-bond donors (Lipinski definition) is 0. The molecule has 152 valence electrons. The van der Waals surface area contributed by atoms with Crippen LogP contribution < -0.4 is 9.47 Å². The summed E-state index contributed by atoms with van der Waals surface area (Å²) >= 11 is 3.21. The number of aromatic nitrogens is 2. The van der Waals surface area contributed by atoms with Crippen molar-refractivity contribution in [3.63, 3.8) is 0 Å². The molecule has 2 aromatic heterocycles.